The van der Waals surface area contributed by atoms with E-state index in [0.717, 1.165) is 17.7 Å². The van der Waals surface area contributed by atoms with Crippen LogP contribution in [0.15, 0.2) is 42.5 Å². The second kappa shape index (κ2) is 9.57. The molecule has 2 amide bonds. The second-order valence-corrected chi connectivity index (χ2v) is 7.07. The zero-order chi connectivity index (χ0) is 19.9. The molecule has 148 valence electrons. The number of halogens is 1. The standard InChI is InChI=1S/C21H23ClN2O4/c1-27-9-3-8-23-20(25)16-10-15-12-18(6-7-19(15)28-13-16)24-21(26)14-4-2-5-17(22)11-14/h2,4-7,11-12,16H,3,8-10,13H2,1H3,(H,23,25)(H,24,26)/t16-/m1/s1. The summed E-state index contributed by atoms with van der Waals surface area (Å²) in [4.78, 5) is 24.7. The zero-order valence-electron chi connectivity index (χ0n) is 15.7. The quantitative estimate of drug-likeness (QED) is 0.697. The summed E-state index contributed by atoms with van der Waals surface area (Å²) in [6.07, 6.45) is 1.33. The molecule has 0 radical (unpaired) electrons. The molecule has 0 bridgehead atoms. The molecule has 0 unspecified atom stereocenters. The number of fused-ring (bicyclic) bond motifs is 1. The molecule has 7 heteroatoms. The lowest BCUT2D eigenvalue weighted by molar-refractivity contribution is -0.126. The normalized spacial score (nSPS) is 15.3. The van der Waals surface area contributed by atoms with E-state index in [0.29, 0.717) is 42.5 Å². The summed E-state index contributed by atoms with van der Waals surface area (Å²) >= 11 is 5.94. The molecule has 2 aromatic carbocycles. The highest BCUT2D eigenvalue weighted by atomic mass is 35.5. The Balaban J connectivity index is 1.63. The minimum Gasteiger partial charge on any atom is -0.492 e. The lowest BCUT2D eigenvalue weighted by Crippen LogP contribution is -2.38. The van der Waals surface area contributed by atoms with E-state index >= 15 is 0 Å². The number of hydrogen-bond acceptors (Lipinski definition) is 4. The van der Waals surface area contributed by atoms with Crippen LogP contribution in [-0.2, 0) is 16.0 Å². The number of ether oxygens (including phenoxy) is 2. The summed E-state index contributed by atoms with van der Waals surface area (Å²) in [5, 5.41) is 6.28. The lowest BCUT2D eigenvalue weighted by Gasteiger charge is -2.25. The van der Waals surface area contributed by atoms with Gasteiger partial charge in [0.25, 0.3) is 5.91 Å². The van der Waals surface area contributed by atoms with Crippen LogP contribution in [-0.4, -0.2) is 38.7 Å². The van der Waals surface area contributed by atoms with Crippen molar-refractivity contribution in [1.82, 2.24) is 5.32 Å². The van der Waals surface area contributed by atoms with E-state index < -0.39 is 0 Å². The molecule has 0 aliphatic carbocycles. The number of benzene rings is 2. The Labute approximate surface area is 169 Å². The van der Waals surface area contributed by atoms with Gasteiger partial charge in [0, 0.05) is 36.5 Å². The van der Waals surface area contributed by atoms with Gasteiger partial charge in [-0.2, -0.15) is 0 Å². The van der Waals surface area contributed by atoms with E-state index in [9.17, 15) is 9.59 Å². The summed E-state index contributed by atoms with van der Waals surface area (Å²) in [5.74, 6) is 0.208. The molecular weight excluding hydrogens is 380 g/mol. The Morgan fingerprint density at radius 2 is 2.11 bits per heavy atom. The Morgan fingerprint density at radius 3 is 2.89 bits per heavy atom. The SMILES string of the molecule is COCCCNC(=O)[C@H]1COc2ccc(NC(=O)c3cccc(Cl)c3)cc2C1. The number of methoxy groups -OCH3 is 1. The molecule has 1 aliphatic heterocycles. The van der Waals surface area contributed by atoms with Gasteiger partial charge in [0.15, 0.2) is 0 Å². The third-order valence-corrected chi connectivity index (χ3v) is 4.74. The Kier molecular flexibility index (Phi) is 6.90. The maximum absolute atomic E-state index is 12.4. The van der Waals surface area contributed by atoms with Gasteiger partial charge in [-0.1, -0.05) is 17.7 Å². The van der Waals surface area contributed by atoms with Crippen molar-refractivity contribution in [2.24, 2.45) is 5.92 Å². The monoisotopic (exact) mass is 402 g/mol. The molecule has 2 aromatic rings. The van der Waals surface area contributed by atoms with E-state index in [1.807, 2.05) is 12.1 Å². The number of hydrogen-bond donors (Lipinski definition) is 2. The van der Waals surface area contributed by atoms with Crippen molar-refractivity contribution in [3.8, 4) is 5.75 Å². The number of carbonyl (C=O) groups excluding carboxylic acids is 2. The predicted octanol–water partition coefficient (Wildman–Crippen LogP) is 3.30. The molecule has 1 aliphatic rings. The fraction of sp³-hybridized carbons (Fsp3) is 0.333. The highest BCUT2D eigenvalue weighted by Gasteiger charge is 2.26. The first-order chi connectivity index (χ1) is 13.6. The summed E-state index contributed by atoms with van der Waals surface area (Å²) in [6, 6.07) is 12.2. The minimum atomic E-state index is -0.256. The van der Waals surface area contributed by atoms with Gasteiger partial charge in [0.05, 0.1) is 5.92 Å². The predicted molar refractivity (Wildman–Crippen MR) is 108 cm³/mol. The number of carbonyl (C=O) groups is 2. The smallest absolute Gasteiger partial charge is 0.255 e. The molecule has 0 saturated heterocycles. The van der Waals surface area contributed by atoms with Crippen LogP contribution in [0.4, 0.5) is 5.69 Å². The first-order valence-corrected chi connectivity index (χ1v) is 9.54. The lowest BCUT2D eigenvalue weighted by atomic mass is 9.95. The van der Waals surface area contributed by atoms with Gasteiger partial charge in [-0.15, -0.1) is 0 Å². The fourth-order valence-corrected chi connectivity index (χ4v) is 3.24. The van der Waals surface area contributed by atoms with Crippen LogP contribution in [0, 0.1) is 5.92 Å². The summed E-state index contributed by atoms with van der Waals surface area (Å²) in [7, 11) is 1.64. The molecular formula is C21H23ClN2O4. The van der Waals surface area contributed by atoms with Crippen LogP contribution in [0.3, 0.4) is 0 Å². The average molecular weight is 403 g/mol. The van der Waals surface area contributed by atoms with Crippen molar-refractivity contribution >= 4 is 29.1 Å². The molecule has 2 N–H and O–H groups in total. The first kappa shape index (κ1) is 20.2. The van der Waals surface area contributed by atoms with Crippen molar-refractivity contribution in [2.45, 2.75) is 12.8 Å². The number of rotatable bonds is 7. The van der Waals surface area contributed by atoms with Gasteiger partial charge < -0.3 is 20.1 Å². The first-order valence-electron chi connectivity index (χ1n) is 9.16. The Morgan fingerprint density at radius 1 is 1.25 bits per heavy atom. The Hall–Kier alpha value is -2.57. The average Bonchev–Trinajstić information content (AvgIpc) is 2.70. The zero-order valence-corrected chi connectivity index (χ0v) is 16.4. The van der Waals surface area contributed by atoms with Crippen LogP contribution in [0.5, 0.6) is 5.75 Å². The van der Waals surface area contributed by atoms with Crippen molar-refractivity contribution in [2.75, 3.05) is 32.2 Å². The van der Waals surface area contributed by atoms with E-state index in [2.05, 4.69) is 10.6 Å². The summed E-state index contributed by atoms with van der Waals surface area (Å²) < 4.78 is 10.7. The maximum Gasteiger partial charge on any atom is 0.255 e. The third kappa shape index (κ3) is 5.24. The number of nitrogens with one attached hydrogen (secondary N) is 2. The van der Waals surface area contributed by atoms with Crippen LogP contribution in [0.25, 0.3) is 0 Å². The van der Waals surface area contributed by atoms with Crippen molar-refractivity contribution < 1.29 is 19.1 Å². The molecule has 0 spiro atoms. The minimum absolute atomic E-state index is 0.0323. The van der Waals surface area contributed by atoms with E-state index in [1.165, 1.54) is 0 Å². The molecule has 6 nitrogen and oxygen atoms in total. The summed E-state index contributed by atoms with van der Waals surface area (Å²) in [5.41, 5.74) is 2.02. The van der Waals surface area contributed by atoms with Gasteiger partial charge in [-0.05, 0) is 54.8 Å². The van der Waals surface area contributed by atoms with E-state index in [1.54, 1.807) is 37.4 Å². The second-order valence-electron chi connectivity index (χ2n) is 6.64. The highest BCUT2D eigenvalue weighted by molar-refractivity contribution is 6.31. The molecule has 1 atom stereocenters. The van der Waals surface area contributed by atoms with Crippen LogP contribution >= 0.6 is 11.6 Å². The van der Waals surface area contributed by atoms with Gasteiger partial charge >= 0.3 is 0 Å². The maximum atomic E-state index is 12.4. The van der Waals surface area contributed by atoms with E-state index in [-0.39, 0.29) is 17.7 Å². The number of anilines is 1. The van der Waals surface area contributed by atoms with Gasteiger partial charge in [-0.3, -0.25) is 9.59 Å². The van der Waals surface area contributed by atoms with Crippen LogP contribution < -0.4 is 15.4 Å². The van der Waals surface area contributed by atoms with Gasteiger partial charge in [0.2, 0.25) is 5.91 Å². The molecule has 0 saturated carbocycles. The molecule has 1 heterocycles. The highest BCUT2D eigenvalue weighted by Crippen LogP contribution is 2.30. The van der Waals surface area contributed by atoms with Gasteiger partial charge in [-0.25, -0.2) is 0 Å². The third-order valence-electron chi connectivity index (χ3n) is 4.51. The number of amides is 2. The Bertz CT molecular complexity index is 856. The molecule has 3 rings (SSSR count). The van der Waals surface area contributed by atoms with Gasteiger partial charge in [0.1, 0.15) is 12.4 Å². The van der Waals surface area contributed by atoms with Crippen LogP contribution in [0.1, 0.15) is 22.3 Å². The van der Waals surface area contributed by atoms with Crippen molar-refractivity contribution in [1.29, 1.82) is 0 Å². The van der Waals surface area contributed by atoms with Crippen molar-refractivity contribution in [3.63, 3.8) is 0 Å². The van der Waals surface area contributed by atoms with Crippen LogP contribution in [0.2, 0.25) is 5.02 Å². The molecule has 0 fully saturated rings. The summed E-state index contributed by atoms with van der Waals surface area (Å²) in [6.45, 7) is 1.53. The largest absolute Gasteiger partial charge is 0.492 e. The topological polar surface area (TPSA) is 76.7 Å². The fourth-order valence-electron chi connectivity index (χ4n) is 3.05. The molecule has 28 heavy (non-hydrogen) atoms. The van der Waals surface area contributed by atoms with E-state index in [4.69, 9.17) is 21.1 Å². The van der Waals surface area contributed by atoms with Crippen molar-refractivity contribution in [3.05, 3.63) is 58.6 Å². The molecule has 0 aromatic heterocycles.